The van der Waals surface area contributed by atoms with Gasteiger partial charge in [0.1, 0.15) is 18.1 Å². The summed E-state index contributed by atoms with van der Waals surface area (Å²) in [5.41, 5.74) is 12.0. The summed E-state index contributed by atoms with van der Waals surface area (Å²) in [4.78, 5) is 140. The summed E-state index contributed by atoms with van der Waals surface area (Å²) in [6.45, 7) is 14.0. The normalized spacial score (nSPS) is 18.8. The molecule has 83 heavy (non-hydrogen) atoms. The molecule has 2 aliphatic rings. The molecule has 2 aliphatic heterocycles. The van der Waals surface area contributed by atoms with Gasteiger partial charge in [0.05, 0.1) is 47.9 Å². The maximum Gasteiger partial charge on any atom is 0.326 e. The van der Waals surface area contributed by atoms with Crippen LogP contribution in [0, 0.1) is 23.7 Å². The molecule has 0 bridgehead atoms. The molecule has 1 aromatic heterocycles. The number of aromatic nitrogens is 1. The smallest absolute Gasteiger partial charge is 0.326 e. The lowest BCUT2D eigenvalue weighted by molar-refractivity contribution is -0.148. The molecule has 0 aliphatic carbocycles. The van der Waals surface area contributed by atoms with Crippen molar-refractivity contribution in [1.82, 2.24) is 46.1 Å². The minimum absolute atomic E-state index is 0.00657. The Morgan fingerprint density at radius 3 is 2.12 bits per heavy atom. The number of carboxylic acid groups (broad SMARTS) is 2. The lowest BCUT2D eigenvalue weighted by Gasteiger charge is -2.41. The number of amides is 8. The standard InChI is InChI=1S/C58H92N10O14S/c1-12-35(6)51(43(81-10)29-47(71)67-27-18-22-42(67)52(82-11)36(7)53(73)61-41(58(79)80)28-37-31-60-40-21-16-15-20-38(37)40)66(9)56(76)49(33(2)3)62-54(74)50(34(4)5)65(8)25-19-24-46(70)64-63-45(69)23-14-13-17-26-68-48(72)30-44(55(68)75)83-32-39(59)57(77)78/h15-16,20-21,31,33-36,39,41-44,49-52,60H,12-14,17-19,22-30,32,59H2,1-11H3,(H,61,73)(H,62,74)(H,63,69)(H,64,70)(H,77,78)(H,79,80)/t35-,36+,39-,41-,42-,43+,44?,49-,50-,51-,52+/m0/s1. The van der Waals surface area contributed by atoms with E-state index in [0.717, 1.165) is 33.1 Å². The van der Waals surface area contributed by atoms with Gasteiger partial charge in [-0.05, 0) is 75.1 Å². The Bertz CT molecular complexity index is 2550. The number of methoxy groups -OCH3 is 2. The van der Waals surface area contributed by atoms with Gasteiger partial charge in [-0.25, -0.2) is 4.79 Å². The van der Waals surface area contributed by atoms with Crippen LogP contribution in [-0.2, 0) is 63.8 Å². The fourth-order valence-corrected chi connectivity index (χ4v) is 12.4. The van der Waals surface area contributed by atoms with Crippen LogP contribution in [0.2, 0.25) is 0 Å². The van der Waals surface area contributed by atoms with E-state index >= 15 is 0 Å². The highest BCUT2D eigenvalue weighted by molar-refractivity contribution is 8.00. The van der Waals surface area contributed by atoms with Crippen LogP contribution >= 0.6 is 11.8 Å². The van der Waals surface area contributed by atoms with Gasteiger partial charge in [-0.1, -0.05) is 79.5 Å². The lowest BCUT2D eigenvalue weighted by atomic mass is 9.89. The number of thioether (sulfide) groups is 1. The van der Waals surface area contributed by atoms with Gasteiger partial charge >= 0.3 is 11.9 Å². The Labute approximate surface area is 492 Å². The molecule has 25 heteroatoms. The molecule has 8 amide bonds. The quantitative estimate of drug-likeness (QED) is 0.0279. The number of fused-ring (bicyclic) bond motifs is 1. The first-order valence-electron chi connectivity index (χ1n) is 29.0. The Morgan fingerprint density at radius 1 is 0.855 bits per heavy atom. The van der Waals surface area contributed by atoms with Crippen LogP contribution in [0.25, 0.3) is 10.9 Å². The van der Waals surface area contributed by atoms with E-state index in [0.29, 0.717) is 58.0 Å². The number of para-hydroxylation sites is 1. The van der Waals surface area contributed by atoms with Crippen molar-refractivity contribution in [2.24, 2.45) is 29.4 Å². The highest BCUT2D eigenvalue weighted by Crippen LogP contribution is 2.31. The number of aromatic amines is 1. The first kappa shape index (κ1) is 69.3. The highest BCUT2D eigenvalue weighted by atomic mass is 32.2. The zero-order chi connectivity index (χ0) is 61.8. The number of likely N-dealkylation sites (N-methyl/N-ethyl adjacent to an activating group) is 2. The van der Waals surface area contributed by atoms with Gasteiger partial charge in [-0.2, -0.15) is 0 Å². The van der Waals surface area contributed by atoms with Gasteiger partial charge in [-0.3, -0.25) is 63.8 Å². The number of ether oxygens (including phenoxy) is 2. The first-order valence-corrected chi connectivity index (χ1v) is 30.0. The van der Waals surface area contributed by atoms with Crippen LogP contribution in [0.1, 0.15) is 125 Å². The number of nitrogens with two attached hydrogens (primary N) is 1. The molecular weight excluding hydrogens is 1090 g/mol. The topological polar surface area (TPSA) is 333 Å². The van der Waals surface area contributed by atoms with Crippen LogP contribution < -0.4 is 27.2 Å². The lowest BCUT2D eigenvalue weighted by Crippen LogP contribution is -2.60. The molecule has 0 spiro atoms. The molecule has 464 valence electrons. The fraction of sp³-hybridized carbons (Fsp3) is 0.690. The number of rotatable bonds is 35. The number of benzene rings is 1. The molecule has 1 unspecified atom stereocenters. The number of carbonyl (C=O) groups is 10. The number of carboxylic acids is 2. The number of hydrazine groups is 1. The molecule has 4 rings (SSSR count). The average molecular weight is 1190 g/mol. The van der Waals surface area contributed by atoms with E-state index in [1.165, 1.54) is 14.2 Å². The first-order chi connectivity index (χ1) is 39.3. The number of carbonyl (C=O) groups excluding carboxylic acids is 8. The summed E-state index contributed by atoms with van der Waals surface area (Å²) in [7, 11) is 6.40. The summed E-state index contributed by atoms with van der Waals surface area (Å²) in [6, 6.07) is 2.42. The number of nitrogens with zero attached hydrogens (tertiary/aromatic N) is 4. The van der Waals surface area contributed by atoms with Crippen molar-refractivity contribution in [2.45, 2.75) is 179 Å². The van der Waals surface area contributed by atoms with Gasteiger partial charge in [-0.15, -0.1) is 11.8 Å². The number of aliphatic carboxylic acids is 2. The molecule has 9 N–H and O–H groups in total. The molecule has 2 saturated heterocycles. The predicted molar refractivity (Wildman–Crippen MR) is 313 cm³/mol. The van der Waals surface area contributed by atoms with E-state index in [4.69, 9.17) is 20.3 Å². The zero-order valence-corrected chi connectivity index (χ0v) is 51.1. The summed E-state index contributed by atoms with van der Waals surface area (Å²) >= 11 is 1.05. The molecule has 2 fully saturated rings. The highest BCUT2D eigenvalue weighted by Gasteiger charge is 2.44. The number of imide groups is 1. The summed E-state index contributed by atoms with van der Waals surface area (Å²) in [5.74, 6) is -6.95. The second-order valence-corrected chi connectivity index (χ2v) is 24.1. The van der Waals surface area contributed by atoms with Crippen LogP contribution in [-0.4, -0.2) is 201 Å². The monoisotopic (exact) mass is 1180 g/mol. The average Bonchev–Trinajstić information content (AvgIpc) is 4.42. The molecular formula is C58H92N10O14S. The second-order valence-electron chi connectivity index (χ2n) is 22.8. The minimum atomic E-state index is -1.22. The number of likely N-dealkylation sites (tertiary alicyclic amines) is 2. The second kappa shape index (κ2) is 33.4. The van der Waals surface area contributed by atoms with Gasteiger partial charge in [0.2, 0.25) is 47.3 Å². The van der Waals surface area contributed by atoms with Crippen LogP contribution in [0.3, 0.4) is 0 Å². The van der Waals surface area contributed by atoms with E-state index in [2.05, 4.69) is 26.5 Å². The minimum Gasteiger partial charge on any atom is -0.480 e. The Morgan fingerprint density at radius 2 is 1.52 bits per heavy atom. The summed E-state index contributed by atoms with van der Waals surface area (Å²) in [5, 5.41) is 25.1. The van der Waals surface area contributed by atoms with E-state index in [1.807, 2.05) is 70.7 Å². The number of unbranched alkanes of at least 4 members (excludes halogenated alkanes) is 2. The van der Waals surface area contributed by atoms with Gasteiger partial charge < -0.3 is 50.8 Å². The fourth-order valence-electron chi connectivity index (χ4n) is 11.2. The maximum absolute atomic E-state index is 14.7. The number of nitrogens with one attached hydrogen (secondary N) is 5. The maximum atomic E-state index is 14.7. The largest absolute Gasteiger partial charge is 0.480 e. The number of H-pyrrole nitrogens is 1. The Balaban J connectivity index is 1.28. The Hall–Kier alpha value is -6.15. The van der Waals surface area contributed by atoms with Gasteiger partial charge in [0, 0.05) is 82.9 Å². The van der Waals surface area contributed by atoms with Gasteiger partial charge in [0.15, 0.2) is 0 Å². The van der Waals surface area contributed by atoms with Crippen LogP contribution in [0.15, 0.2) is 30.5 Å². The third kappa shape index (κ3) is 19.4. The SMILES string of the molecule is CC[C@H](C)[C@@H]([C@@H](CC(=O)N1CCC[C@H]1[C@H](OC)[C@@H](C)C(=O)N[C@@H](Cc1c[nH]c2ccccc12)C(=O)O)OC)N(C)C(=O)[C@@H](NC(=O)[C@H](C(C)C)N(C)CCCC(=O)NNC(=O)CCCCCN1C(=O)CC(SC[C@H](N)C(=O)O)C1=O)C(C)C. The van der Waals surface area contributed by atoms with Gasteiger partial charge in [0.25, 0.3) is 0 Å². The molecule has 11 atom stereocenters. The predicted octanol–water partition coefficient (Wildman–Crippen LogP) is 3.06. The van der Waals surface area contributed by atoms with E-state index in [9.17, 15) is 53.1 Å². The van der Waals surface area contributed by atoms with Crippen molar-refractivity contribution >= 4 is 81.9 Å². The number of hydrogen-bond donors (Lipinski definition) is 8. The molecule has 24 nitrogen and oxygen atoms in total. The molecule has 1 aromatic carbocycles. The van der Waals surface area contributed by atoms with E-state index < -0.39 is 89.3 Å². The van der Waals surface area contributed by atoms with Crippen LogP contribution in [0.4, 0.5) is 0 Å². The van der Waals surface area contributed by atoms with Crippen molar-refractivity contribution in [2.75, 3.05) is 53.7 Å². The molecule has 0 radical (unpaired) electrons. The molecule has 2 aromatic rings. The van der Waals surface area contributed by atoms with E-state index in [1.54, 1.807) is 37.0 Å². The van der Waals surface area contributed by atoms with Crippen molar-refractivity contribution in [3.05, 3.63) is 36.0 Å². The third-order valence-corrected chi connectivity index (χ3v) is 17.4. The Kier molecular flexibility index (Phi) is 27.9. The van der Waals surface area contributed by atoms with Crippen molar-refractivity contribution in [3.8, 4) is 0 Å². The molecule has 0 saturated carbocycles. The molecule has 3 heterocycles. The van der Waals surface area contributed by atoms with E-state index in [-0.39, 0.29) is 91.7 Å². The van der Waals surface area contributed by atoms with Crippen molar-refractivity contribution < 1.29 is 67.6 Å². The third-order valence-electron chi connectivity index (χ3n) is 16.1. The van der Waals surface area contributed by atoms with Crippen LogP contribution in [0.5, 0.6) is 0 Å². The van der Waals surface area contributed by atoms with Crippen molar-refractivity contribution in [1.29, 1.82) is 0 Å². The summed E-state index contributed by atoms with van der Waals surface area (Å²) < 4.78 is 12.0. The van der Waals surface area contributed by atoms with Crippen molar-refractivity contribution in [3.63, 3.8) is 0 Å². The zero-order valence-electron chi connectivity index (χ0n) is 50.3. The summed E-state index contributed by atoms with van der Waals surface area (Å²) in [6.07, 6.45) is 3.90. The number of hydrogen-bond acceptors (Lipinski definition) is 15.